The summed E-state index contributed by atoms with van der Waals surface area (Å²) in [6.07, 6.45) is 0. The molecule has 1 rings (SSSR count). The number of rotatable bonds is 7. The van der Waals surface area contributed by atoms with Gasteiger partial charge in [-0.1, -0.05) is 48.0 Å². The number of hydrogen-bond donors (Lipinski definition) is 1. The van der Waals surface area contributed by atoms with Crippen LogP contribution < -0.4 is 5.32 Å². The molecule has 0 unspecified atom stereocenters. The Morgan fingerprint density at radius 3 is 2.75 bits per heavy atom. The molecule has 0 heterocycles. The van der Waals surface area contributed by atoms with E-state index in [-0.39, 0.29) is 0 Å². The molecule has 0 aromatic heterocycles. The minimum absolute atomic E-state index is 0.614. The van der Waals surface area contributed by atoms with E-state index >= 15 is 0 Å². The van der Waals surface area contributed by atoms with Crippen LogP contribution in [0.1, 0.15) is 19.4 Å². The molecular formula is C13H20BrNO. The highest BCUT2D eigenvalue weighted by molar-refractivity contribution is 9.10. The van der Waals surface area contributed by atoms with Crippen LogP contribution >= 0.6 is 15.9 Å². The number of nitrogens with one attached hydrogen (secondary N) is 1. The van der Waals surface area contributed by atoms with Gasteiger partial charge >= 0.3 is 0 Å². The van der Waals surface area contributed by atoms with E-state index in [1.165, 1.54) is 5.56 Å². The van der Waals surface area contributed by atoms with Crippen molar-refractivity contribution in [2.75, 3.05) is 19.8 Å². The summed E-state index contributed by atoms with van der Waals surface area (Å²) in [5, 5.41) is 3.36. The molecule has 0 saturated carbocycles. The fourth-order valence-corrected chi connectivity index (χ4v) is 1.75. The van der Waals surface area contributed by atoms with Crippen LogP contribution in [0.4, 0.5) is 0 Å². The average Bonchev–Trinajstić information content (AvgIpc) is 2.25. The molecule has 1 aromatic rings. The van der Waals surface area contributed by atoms with Crippen molar-refractivity contribution >= 4 is 15.9 Å². The van der Waals surface area contributed by atoms with Gasteiger partial charge < -0.3 is 10.1 Å². The third-order valence-electron chi connectivity index (χ3n) is 2.15. The molecule has 0 amide bonds. The third-order valence-corrected chi connectivity index (χ3v) is 2.92. The van der Waals surface area contributed by atoms with Crippen LogP contribution in [0, 0.1) is 5.92 Å². The molecule has 0 atom stereocenters. The van der Waals surface area contributed by atoms with Crippen molar-refractivity contribution in [3.63, 3.8) is 0 Å². The average molecular weight is 286 g/mol. The molecule has 0 fully saturated rings. The minimum Gasteiger partial charge on any atom is -0.380 e. The molecule has 3 heteroatoms. The van der Waals surface area contributed by atoms with Crippen LogP contribution in [0.5, 0.6) is 0 Å². The van der Waals surface area contributed by atoms with Gasteiger partial charge in [0.2, 0.25) is 0 Å². The van der Waals surface area contributed by atoms with Gasteiger partial charge in [0.1, 0.15) is 0 Å². The van der Waals surface area contributed by atoms with Gasteiger partial charge in [-0.3, -0.25) is 0 Å². The Morgan fingerprint density at radius 1 is 1.31 bits per heavy atom. The Bertz CT molecular complexity index is 302. The van der Waals surface area contributed by atoms with Crippen molar-refractivity contribution in [1.29, 1.82) is 0 Å². The van der Waals surface area contributed by atoms with Crippen molar-refractivity contribution in [3.8, 4) is 0 Å². The first-order valence-corrected chi connectivity index (χ1v) is 6.51. The van der Waals surface area contributed by atoms with E-state index in [1.807, 2.05) is 6.07 Å². The fraction of sp³-hybridized carbons (Fsp3) is 0.538. The van der Waals surface area contributed by atoms with Gasteiger partial charge in [0.05, 0.1) is 6.61 Å². The number of benzene rings is 1. The Hall–Kier alpha value is -0.380. The lowest BCUT2D eigenvalue weighted by molar-refractivity contribution is 0.111. The highest BCUT2D eigenvalue weighted by Gasteiger charge is 1.97. The van der Waals surface area contributed by atoms with Gasteiger partial charge in [0.15, 0.2) is 0 Å². The SMILES string of the molecule is CC(C)COCCNCc1ccccc1Br. The van der Waals surface area contributed by atoms with Gasteiger partial charge in [-0.05, 0) is 17.5 Å². The van der Waals surface area contributed by atoms with E-state index in [1.54, 1.807) is 0 Å². The maximum atomic E-state index is 5.49. The second-order valence-corrected chi connectivity index (χ2v) is 5.09. The molecule has 0 bridgehead atoms. The summed E-state index contributed by atoms with van der Waals surface area (Å²) >= 11 is 3.53. The molecule has 2 nitrogen and oxygen atoms in total. The zero-order valence-corrected chi connectivity index (χ0v) is 11.6. The topological polar surface area (TPSA) is 21.3 Å². The predicted octanol–water partition coefficient (Wildman–Crippen LogP) is 3.21. The van der Waals surface area contributed by atoms with Crippen LogP contribution in [0.3, 0.4) is 0 Å². The molecule has 1 N–H and O–H groups in total. The number of hydrogen-bond acceptors (Lipinski definition) is 2. The van der Waals surface area contributed by atoms with E-state index in [0.29, 0.717) is 5.92 Å². The zero-order chi connectivity index (χ0) is 11.8. The smallest absolute Gasteiger partial charge is 0.0591 e. The Labute approximate surface area is 107 Å². The van der Waals surface area contributed by atoms with Crippen LogP contribution in [0.2, 0.25) is 0 Å². The zero-order valence-electron chi connectivity index (χ0n) is 10.0. The summed E-state index contributed by atoms with van der Waals surface area (Å²) in [4.78, 5) is 0. The maximum absolute atomic E-state index is 5.49. The van der Waals surface area contributed by atoms with E-state index in [0.717, 1.165) is 30.8 Å². The van der Waals surface area contributed by atoms with Crippen molar-refractivity contribution in [2.45, 2.75) is 20.4 Å². The summed E-state index contributed by atoms with van der Waals surface area (Å²) in [6, 6.07) is 8.26. The second-order valence-electron chi connectivity index (χ2n) is 4.24. The Balaban J connectivity index is 2.10. The highest BCUT2D eigenvalue weighted by Crippen LogP contribution is 2.14. The van der Waals surface area contributed by atoms with Crippen LogP contribution in [0.25, 0.3) is 0 Å². The highest BCUT2D eigenvalue weighted by atomic mass is 79.9. The fourth-order valence-electron chi connectivity index (χ4n) is 1.33. The lowest BCUT2D eigenvalue weighted by Gasteiger charge is -2.08. The standard InChI is InChI=1S/C13H20BrNO/c1-11(2)10-16-8-7-15-9-12-5-3-4-6-13(12)14/h3-6,11,15H,7-10H2,1-2H3. The quantitative estimate of drug-likeness (QED) is 0.777. The molecule has 0 radical (unpaired) electrons. The van der Waals surface area contributed by atoms with Gasteiger partial charge in [0.25, 0.3) is 0 Å². The van der Waals surface area contributed by atoms with Crippen molar-refractivity contribution in [2.24, 2.45) is 5.92 Å². The predicted molar refractivity (Wildman–Crippen MR) is 71.5 cm³/mol. The molecule has 0 saturated heterocycles. The first kappa shape index (κ1) is 13.7. The maximum Gasteiger partial charge on any atom is 0.0591 e. The molecule has 0 aliphatic heterocycles. The molecule has 90 valence electrons. The molecular weight excluding hydrogens is 266 g/mol. The molecule has 0 spiro atoms. The van der Waals surface area contributed by atoms with E-state index < -0.39 is 0 Å². The molecule has 1 aromatic carbocycles. The van der Waals surface area contributed by atoms with Crippen molar-refractivity contribution in [1.82, 2.24) is 5.32 Å². The number of ether oxygens (including phenoxy) is 1. The summed E-state index contributed by atoms with van der Waals surface area (Å²) in [5.41, 5.74) is 1.28. The summed E-state index contributed by atoms with van der Waals surface area (Å²) in [6.45, 7) is 7.73. The molecule has 16 heavy (non-hydrogen) atoms. The minimum atomic E-state index is 0.614. The van der Waals surface area contributed by atoms with Crippen molar-refractivity contribution in [3.05, 3.63) is 34.3 Å². The van der Waals surface area contributed by atoms with E-state index in [9.17, 15) is 0 Å². The van der Waals surface area contributed by atoms with E-state index in [4.69, 9.17) is 4.74 Å². The number of halogens is 1. The normalized spacial score (nSPS) is 11.0. The third kappa shape index (κ3) is 5.64. The van der Waals surface area contributed by atoms with Gasteiger partial charge in [-0.2, -0.15) is 0 Å². The van der Waals surface area contributed by atoms with Crippen LogP contribution in [0.15, 0.2) is 28.7 Å². The summed E-state index contributed by atoms with van der Waals surface area (Å²) < 4.78 is 6.65. The monoisotopic (exact) mass is 285 g/mol. The van der Waals surface area contributed by atoms with Crippen LogP contribution in [-0.2, 0) is 11.3 Å². The lowest BCUT2D eigenvalue weighted by atomic mass is 10.2. The second kappa shape index (κ2) is 7.82. The largest absolute Gasteiger partial charge is 0.380 e. The first-order valence-electron chi connectivity index (χ1n) is 5.72. The Kier molecular flexibility index (Phi) is 6.69. The van der Waals surface area contributed by atoms with Gasteiger partial charge in [0, 0.05) is 24.2 Å². The molecule has 0 aliphatic rings. The van der Waals surface area contributed by atoms with Crippen LogP contribution in [-0.4, -0.2) is 19.8 Å². The van der Waals surface area contributed by atoms with Gasteiger partial charge in [-0.15, -0.1) is 0 Å². The van der Waals surface area contributed by atoms with Gasteiger partial charge in [-0.25, -0.2) is 0 Å². The van der Waals surface area contributed by atoms with E-state index in [2.05, 4.69) is 53.3 Å². The Morgan fingerprint density at radius 2 is 2.06 bits per heavy atom. The molecule has 0 aliphatic carbocycles. The summed E-state index contributed by atoms with van der Waals surface area (Å²) in [5.74, 6) is 0.614. The lowest BCUT2D eigenvalue weighted by Crippen LogP contribution is -2.20. The van der Waals surface area contributed by atoms with Crippen molar-refractivity contribution < 1.29 is 4.74 Å². The summed E-state index contributed by atoms with van der Waals surface area (Å²) in [7, 11) is 0. The first-order chi connectivity index (χ1) is 7.70.